The third-order valence-electron chi connectivity index (χ3n) is 5.13. The number of hydrogen-bond acceptors (Lipinski definition) is 6. The van der Waals surface area contributed by atoms with E-state index in [2.05, 4.69) is 21.8 Å². The Morgan fingerprint density at radius 1 is 1.36 bits per heavy atom. The second kappa shape index (κ2) is 5.52. The van der Waals surface area contributed by atoms with E-state index in [1.165, 1.54) is 0 Å². The van der Waals surface area contributed by atoms with Gasteiger partial charge >= 0.3 is 0 Å². The minimum absolute atomic E-state index is 0.151. The third-order valence-corrected chi connectivity index (χ3v) is 5.13. The largest absolute Gasteiger partial charge is 0.443 e. The minimum atomic E-state index is -0.151. The number of aliphatic hydroxyl groups is 1. The standard InChI is InChI=1S/C16H24N4O2/c1-4-16(9-21)6-5-7-20(16)8-12-18-14(17)13-10(2)11(3)22-15(13)19-12/h21H,4-9H2,1-3H3,(H2,17,18,19)/t16-/m1/s1. The van der Waals surface area contributed by atoms with Crippen LogP contribution < -0.4 is 5.73 Å². The molecule has 1 aliphatic rings. The molecule has 22 heavy (non-hydrogen) atoms. The quantitative estimate of drug-likeness (QED) is 0.900. The topological polar surface area (TPSA) is 88.4 Å². The van der Waals surface area contributed by atoms with Gasteiger partial charge in [-0.1, -0.05) is 6.92 Å². The summed E-state index contributed by atoms with van der Waals surface area (Å²) in [5.41, 5.74) is 7.51. The number of aryl methyl sites for hydroxylation is 2. The summed E-state index contributed by atoms with van der Waals surface area (Å²) in [5.74, 6) is 1.96. The van der Waals surface area contributed by atoms with Gasteiger partial charge in [0.15, 0.2) is 0 Å². The molecule has 1 saturated heterocycles. The molecule has 0 radical (unpaired) electrons. The van der Waals surface area contributed by atoms with Gasteiger partial charge < -0.3 is 15.3 Å². The van der Waals surface area contributed by atoms with Crippen LogP contribution in [0.15, 0.2) is 4.42 Å². The molecule has 1 aliphatic heterocycles. The van der Waals surface area contributed by atoms with E-state index >= 15 is 0 Å². The highest BCUT2D eigenvalue weighted by Gasteiger charge is 2.39. The molecule has 2 aromatic heterocycles. The van der Waals surface area contributed by atoms with Gasteiger partial charge in [-0.3, -0.25) is 4.90 Å². The molecule has 3 rings (SSSR count). The van der Waals surface area contributed by atoms with Gasteiger partial charge in [0.25, 0.3) is 0 Å². The van der Waals surface area contributed by atoms with Gasteiger partial charge in [-0.2, -0.15) is 4.98 Å². The Hall–Kier alpha value is -1.66. The van der Waals surface area contributed by atoms with Crippen LogP contribution in [0.25, 0.3) is 11.1 Å². The summed E-state index contributed by atoms with van der Waals surface area (Å²) in [6, 6.07) is 0. The normalized spacial score (nSPS) is 22.7. The first kappa shape index (κ1) is 15.2. The Balaban J connectivity index is 1.94. The second-order valence-corrected chi connectivity index (χ2v) is 6.25. The molecule has 0 bridgehead atoms. The van der Waals surface area contributed by atoms with Crippen LogP contribution >= 0.6 is 0 Å². The fourth-order valence-corrected chi connectivity index (χ4v) is 3.50. The van der Waals surface area contributed by atoms with Gasteiger partial charge in [0.05, 0.1) is 18.5 Å². The van der Waals surface area contributed by atoms with E-state index in [9.17, 15) is 5.11 Å². The van der Waals surface area contributed by atoms with E-state index in [0.29, 0.717) is 23.9 Å². The zero-order chi connectivity index (χ0) is 15.9. The zero-order valence-electron chi connectivity index (χ0n) is 13.5. The van der Waals surface area contributed by atoms with Crippen LogP contribution in [0.3, 0.4) is 0 Å². The maximum atomic E-state index is 9.81. The maximum absolute atomic E-state index is 9.81. The van der Waals surface area contributed by atoms with Gasteiger partial charge in [-0.15, -0.1) is 0 Å². The van der Waals surface area contributed by atoms with Gasteiger partial charge in [0, 0.05) is 11.1 Å². The lowest BCUT2D eigenvalue weighted by Gasteiger charge is -2.35. The number of aliphatic hydroxyl groups excluding tert-OH is 1. The van der Waals surface area contributed by atoms with Crippen LogP contribution in [-0.4, -0.2) is 38.7 Å². The number of fused-ring (bicyclic) bond motifs is 1. The molecule has 3 heterocycles. The molecule has 1 fully saturated rings. The van der Waals surface area contributed by atoms with Crippen molar-refractivity contribution in [3.63, 3.8) is 0 Å². The number of nitrogen functional groups attached to an aromatic ring is 1. The van der Waals surface area contributed by atoms with Crippen molar-refractivity contribution >= 4 is 16.9 Å². The van der Waals surface area contributed by atoms with Crippen LogP contribution in [0.4, 0.5) is 5.82 Å². The van der Waals surface area contributed by atoms with Gasteiger partial charge in [-0.05, 0) is 39.7 Å². The summed E-state index contributed by atoms with van der Waals surface area (Å²) in [7, 11) is 0. The first-order valence-corrected chi connectivity index (χ1v) is 7.88. The molecule has 3 N–H and O–H groups in total. The summed E-state index contributed by atoms with van der Waals surface area (Å²) in [6.07, 6.45) is 3.02. The Bertz CT molecular complexity index is 691. The monoisotopic (exact) mass is 304 g/mol. The lowest BCUT2D eigenvalue weighted by atomic mass is 9.94. The van der Waals surface area contributed by atoms with Crippen molar-refractivity contribution in [2.45, 2.75) is 52.1 Å². The summed E-state index contributed by atoms with van der Waals surface area (Å²) in [4.78, 5) is 11.3. The first-order chi connectivity index (χ1) is 10.5. The fourth-order valence-electron chi connectivity index (χ4n) is 3.50. The molecule has 6 nitrogen and oxygen atoms in total. The Labute approximate surface area is 130 Å². The lowest BCUT2D eigenvalue weighted by Crippen LogP contribution is -2.46. The Morgan fingerprint density at radius 2 is 2.14 bits per heavy atom. The zero-order valence-corrected chi connectivity index (χ0v) is 13.5. The number of anilines is 1. The van der Waals surface area contributed by atoms with E-state index in [1.54, 1.807) is 0 Å². The Kier molecular flexibility index (Phi) is 3.82. The molecule has 6 heteroatoms. The van der Waals surface area contributed by atoms with Gasteiger partial charge in [0.2, 0.25) is 5.71 Å². The number of rotatable bonds is 4. The van der Waals surface area contributed by atoms with Crippen molar-refractivity contribution in [1.82, 2.24) is 14.9 Å². The molecule has 120 valence electrons. The summed E-state index contributed by atoms with van der Waals surface area (Å²) >= 11 is 0. The number of hydrogen-bond donors (Lipinski definition) is 2. The molecule has 0 aromatic carbocycles. The number of aromatic nitrogens is 2. The van der Waals surface area contributed by atoms with Crippen molar-refractivity contribution in [3.8, 4) is 0 Å². The summed E-state index contributed by atoms with van der Waals surface area (Å²) in [5, 5.41) is 10.6. The first-order valence-electron chi connectivity index (χ1n) is 7.88. The van der Waals surface area contributed by atoms with E-state index in [4.69, 9.17) is 10.2 Å². The van der Waals surface area contributed by atoms with Crippen LogP contribution in [0.2, 0.25) is 0 Å². The number of nitrogens with two attached hydrogens (primary N) is 1. The maximum Gasteiger partial charge on any atom is 0.231 e. The fraction of sp³-hybridized carbons (Fsp3) is 0.625. The van der Waals surface area contributed by atoms with Crippen molar-refractivity contribution in [1.29, 1.82) is 0 Å². The van der Waals surface area contributed by atoms with E-state index in [-0.39, 0.29) is 12.1 Å². The third kappa shape index (κ3) is 2.27. The van der Waals surface area contributed by atoms with Crippen LogP contribution in [0.1, 0.15) is 43.3 Å². The second-order valence-electron chi connectivity index (χ2n) is 6.25. The van der Waals surface area contributed by atoms with Crippen LogP contribution in [-0.2, 0) is 6.54 Å². The minimum Gasteiger partial charge on any atom is -0.443 e. The van der Waals surface area contributed by atoms with Crippen molar-refractivity contribution in [2.24, 2.45) is 0 Å². The summed E-state index contributed by atoms with van der Waals surface area (Å²) < 4.78 is 5.69. The number of likely N-dealkylation sites (tertiary alicyclic amines) is 1. The highest BCUT2D eigenvalue weighted by Crippen LogP contribution is 2.34. The van der Waals surface area contributed by atoms with Crippen LogP contribution in [0, 0.1) is 13.8 Å². The lowest BCUT2D eigenvalue weighted by molar-refractivity contribution is 0.0531. The molecular weight excluding hydrogens is 280 g/mol. The predicted octanol–water partition coefficient (Wildman–Crippen LogP) is 2.16. The van der Waals surface area contributed by atoms with Crippen molar-refractivity contribution in [2.75, 3.05) is 18.9 Å². The van der Waals surface area contributed by atoms with Crippen LogP contribution in [0.5, 0.6) is 0 Å². The van der Waals surface area contributed by atoms with Gasteiger partial charge in [0.1, 0.15) is 17.4 Å². The Morgan fingerprint density at radius 3 is 2.82 bits per heavy atom. The molecule has 0 aliphatic carbocycles. The molecule has 1 atom stereocenters. The number of nitrogens with zero attached hydrogens (tertiary/aromatic N) is 3. The average Bonchev–Trinajstić information content (AvgIpc) is 3.01. The van der Waals surface area contributed by atoms with Gasteiger partial charge in [-0.25, -0.2) is 4.98 Å². The molecule has 0 unspecified atom stereocenters. The average molecular weight is 304 g/mol. The highest BCUT2D eigenvalue weighted by molar-refractivity contribution is 5.88. The van der Waals surface area contributed by atoms with E-state index < -0.39 is 0 Å². The van der Waals surface area contributed by atoms with Crippen molar-refractivity contribution in [3.05, 3.63) is 17.1 Å². The molecule has 2 aromatic rings. The highest BCUT2D eigenvalue weighted by atomic mass is 16.3. The SMILES string of the molecule is CC[C@]1(CO)CCCN1Cc1nc(N)c2c(C)c(C)oc2n1. The van der Waals surface area contributed by atoms with Crippen molar-refractivity contribution < 1.29 is 9.52 Å². The molecular formula is C16H24N4O2. The molecule has 0 amide bonds. The molecule has 0 spiro atoms. The molecule has 0 saturated carbocycles. The van der Waals surface area contributed by atoms with E-state index in [0.717, 1.165) is 42.5 Å². The van der Waals surface area contributed by atoms with E-state index in [1.807, 2.05) is 13.8 Å². The number of furan rings is 1. The summed E-state index contributed by atoms with van der Waals surface area (Å²) in [6.45, 7) is 7.70. The predicted molar refractivity (Wildman–Crippen MR) is 85.4 cm³/mol. The smallest absolute Gasteiger partial charge is 0.231 e.